The van der Waals surface area contributed by atoms with Crippen molar-refractivity contribution in [3.8, 4) is 0 Å². The van der Waals surface area contributed by atoms with Gasteiger partial charge in [0.2, 0.25) is 0 Å². The number of nitrogens with one attached hydrogen (secondary N) is 1. The number of aromatic nitrogens is 2. The minimum Gasteiger partial charge on any atom is -0.355 e. The summed E-state index contributed by atoms with van der Waals surface area (Å²) in [5, 5.41) is 12.0. The number of piperidine rings is 1. The molecule has 0 unspecified atom stereocenters. The van der Waals surface area contributed by atoms with Crippen molar-refractivity contribution >= 4 is 28.2 Å². The largest absolute Gasteiger partial charge is 0.355 e. The van der Waals surface area contributed by atoms with Gasteiger partial charge in [-0.1, -0.05) is 0 Å². The van der Waals surface area contributed by atoms with Crippen molar-refractivity contribution in [1.29, 1.82) is 0 Å². The molecule has 6 nitrogen and oxygen atoms in total. The second-order valence-corrected chi connectivity index (χ2v) is 7.04. The van der Waals surface area contributed by atoms with Crippen LogP contribution < -0.4 is 10.2 Å². The average Bonchev–Trinajstić information content (AvgIpc) is 3.00. The molecule has 7 heteroatoms. The van der Waals surface area contributed by atoms with E-state index in [4.69, 9.17) is 0 Å². The third kappa shape index (κ3) is 3.79. The van der Waals surface area contributed by atoms with Gasteiger partial charge in [0, 0.05) is 37.3 Å². The number of thiophene rings is 1. The van der Waals surface area contributed by atoms with E-state index in [1.54, 1.807) is 17.5 Å². The fraction of sp³-hybridized carbons (Fsp3) is 0.438. The summed E-state index contributed by atoms with van der Waals surface area (Å²) >= 11 is 1.60. The smallest absolute Gasteiger partial charge is 0.322 e. The van der Waals surface area contributed by atoms with Gasteiger partial charge in [0.1, 0.15) is 0 Å². The lowest BCUT2D eigenvalue weighted by molar-refractivity contribution is 0.194. The van der Waals surface area contributed by atoms with Crippen LogP contribution in [0, 0.1) is 6.92 Å². The second kappa shape index (κ2) is 6.95. The van der Waals surface area contributed by atoms with Gasteiger partial charge in [0.25, 0.3) is 0 Å². The zero-order valence-electron chi connectivity index (χ0n) is 13.4. The molecule has 0 bridgehead atoms. The van der Waals surface area contributed by atoms with E-state index >= 15 is 0 Å². The molecule has 2 amide bonds. The molecule has 1 saturated heterocycles. The van der Waals surface area contributed by atoms with Crippen LogP contribution in [0.3, 0.4) is 0 Å². The minimum absolute atomic E-state index is 0.00699. The highest BCUT2D eigenvalue weighted by Crippen LogP contribution is 2.23. The topological polar surface area (TPSA) is 61.4 Å². The SMILES string of the molecule is Cc1ccc(NC(=O)N2CCC(N(C)c3cccnn3)CC2)s1. The molecule has 2 aromatic rings. The number of urea groups is 1. The van der Waals surface area contributed by atoms with Gasteiger partial charge in [-0.05, 0) is 44.0 Å². The first-order chi connectivity index (χ1) is 11.1. The lowest BCUT2D eigenvalue weighted by Gasteiger charge is -2.36. The predicted molar refractivity (Wildman–Crippen MR) is 93.1 cm³/mol. The number of nitrogens with zero attached hydrogens (tertiary/aromatic N) is 4. The number of aryl methyl sites for hydroxylation is 1. The Kier molecular flexibility index (Phi) is 4.76. The van der Waals surface area contributed by atoms with Crippen LogP contribution in [0.4, 0.5) is 15.6 Å². The van der Waals surface area contributed by atoms with Crippen LogP contribution >= 0.6 is 11.3 Å². The number of hydrogen-bond acceptors (Lipinski definition) is 5. The number of likely N-dealkylation sites (tertiary alicyclic amines) is 1. The molecule has 122 valence electrons. The maximum Gasteiger partial charge on any atom is 0.322 e. The minimum atomic E-state index is -0.00699. The molecule has 1 aliphatic heterocycles. The van der Waals surface area contributed by atoms with E-state index in [0.717, 1.165) is 36.8 Å². The Morgan fingerprint density at radius 2 is 2.13 bits per heavy atom. The summed E-state index contributed by atoms with van der Waals surface area (Å²) in [4.78, 5) is 17.6. The molecule has 1 fully saturated rings. The number of carbonyl (C=O) groups is 1. The molecule has 3 rings (SSSR count). The third-order valence-corrected chi connectivity index (χ3v) is 5.11. The number of amides is 2. The number of rotatable bonds is 3. The fourth-order valence-corrected chi connectivity index (χ4v) is 3.57. The number of anilines is 2. The average molecular weight is 331 g/mol. The van der Waals surface area contributed by atoms with Gasteiger partial charge in [-0.25, -0.2) is 4.79 Å². The first-order valence-corrected chi connectivity index (χ1v) is 8.58. The van der Waals surface area contributed by atoms with E-state index < -0.39 is 0 Å². The Labute approximate surface area is 140 Å². The Morgan fingerprint density at radius 1 is 1.35 bits per heavy atom. The van der Waals surface area contributed by atoms with E-state index in [9.17, 15) is 4.79 Å². The van der Waals surface area contributed by atoms with E-state index in [1.807, 2.05) is 43.1 Å². The van der Waals surface area contributed by atoms with Gasteiger partial charge in [-0.15, -0.1) is 16.4 Å². The van der Waals surface area contributed by atoms with Crippen LogP contribution in [-0.2, 0) is 0 Å². The van der Waals surface area contributed by atoms with Crippen LogP contribution in [0.1, 0.15) is 17.7 Å². The molecule has 1 aliphatic rings. The Balaban J connectivity index is 1.53. The highest BCUT2D eigenvalue weighted by Gasteiger charge is 2.26. The van der Waals surface area contributed by atoms with Crippen molar-refractivity contribution in [3.63, 3.8) is 0 Å². The first-order valence-electron chi connectivity index (χ1n) is 7.76. The van der Waals surface area contributed by atoms with E-state index in [2.05, 4.69) is 20.4 Å². The molecule has 0 spiro atoms. The molecular weight excluding hydrogens is 310 g/mol. The van der Waals surface area contributed by atoms with Crippen molar-refractivity contribution in [1.82, 2.24) is 15.1 Å². The third-order valence-electron chi connectivity index (χ3n) is 4.19. The van der Waals surface area contributed by atoms with Gasteiger partial charge < -0.3 is 9.80 Å². The van der Waals surface area contributed by atoms with Crippen molar-refractivity contribution in [2.24, 2.45) is 0 Å². The zero-order valence-corrected chi connectivity index (χ0v) is 14.2. The molecule has 0 saturated carbocycles. The monoisotopic (exact) mass is 331 g/mol. The maximum absolute atomic E-state index is 12.3. The molecule has 23 heavy (non-hydrogen) atoms. The molecule has 2 aromatic heterocycles. The van der Waals surface area contributed by atoms with Crippen LogP contribution in [0.25, 0.3) is 0 Å². The van der Waals surface area contributed by atoms with Crippen molar-refractivity contribution < 1.29 is 4.79 Å². The molecule has 0 aliphatic carbocycles. The molecule has 3 heterocycles. The van der Waals surface area contributed by atoms with Crippen molar-refractivity contribution in [3.05, 3.63) is 35.3 Å². The number of carbonyl (C=O) groups excluding carboxylic acids is 1. The lowest BCUT2D eigenvalue weighted by atomic mass is 10.0. The fourth-order valence-electron chi connectivity index (χ4n) is 2.81. The standard InChI is InChI=1S/C16H21N5OS/c1-12-5-6-15(23-12)18-16(22)21-10-7-13(8-11-21)20(2)14-4-3-9-17-19-14/h3-6,9,13H,7-8,10-11H2,1-2H3,(H,18,22). The van der Waals surface area contributed by atoms with Gasteiger partial charge in [0.05, 0.1) is 5.00 Å². The van der Waals surface area contributed by atoms with Crippen molar-refractivity contribution in [2.45, 2.75) is 25.8 Å². The Bertz CT molecular complexity index is 652. The lowest BCUT2D eigenvalue weighted by Crippen LogP contribution is -2.47. The Hall–Kier alpha value is -2.15. The van der Waals surface area contributed by atoms with Crippen LogP contribution in [0.5, 0.6) is 0 Å². The molecule has 0 radical (unpaired) electrons. The Morgan fingerprint density at radius 3 is 2.74 bits per heavy atom. The second-order valence-electron chi connectivity index (χ2n) is 5.75. The molecule has 1 N–H and O–H groups in total. The summed E-state index contributed by atoms with van der Waals surface area (Å²) in [6.07, 6.45) is 3.55. The maximum atomic E-state index is 12.3. The van der Waals surface area contributed by atoms with Crippen LogP contribution in [-0.4, -0.2) is 47.3 Å². The summed E-state index contributed by atoms with van der Waals surface area (Å²) in [6, 6.07) is 8.21. The predicted octanol–water partition coefficient (Wildman–Crippen LogP) is 2.98. The highest BCUT2D eigenvalue weighted by molar-refractivity contribution is 7.16. The normalized spacial score (nSPS) is 15.5. The first kappa shape index (κ1) is 15.7. The van der Waals surface area contributed by atoms with Gasteiger partial charge in [-0.3, -0.25) is 5.32 Å². The van der Waals surface area contributed by atoms with Crippen LogP contribution in [0.2, 0.25) is 0 Å². The summed E-state index contributed by atoms with van der Waals surface area (Å²) < 4.78 is 0. The molecule has 0 atom stereocenters. The van der Waals surface area contributed by atoms with Gasteiger partial charge in [0.15, 0.2) is 5.82 Å². The number of hydrogen-bond donors (Lipinski definition) is 1. The van der Waals surface area contributed by atoms with Gasteiger partial charge >= 0.3 is 6.03 Å². The van der Waals surface area contributed by atoms with Crippen molar-refractivity contribution in [2.75, 3.05) is 30.4 Å². The van der Waals surface area contributed by atoms with E-state index in [1.165, 1.54) is 4.88 Å². The van der Waals surface area contributed by atoms with Crippen LogP contribution in [0.15, 0.2) is 30.5 Å². The van der Waals surface area contributed by atoms with E-state index in [-0.39, 0.29) is 6.03 Å². The summed E-state index contributed by atoms with van der Waals surface area (Å²) in [5.74, 6) is 0.879. The molecular formula is C16H21N5OS. The zero-order chi connectivity index (χ0) is 16.2. The summed E-state index contributed by atoms with van der Waals surface area (Å²) in [5.41, 5.74) is 0. The summed E-state index contributed by atoms with van der Waals surface area (Å²) in [6.45, 7) is 3.55. The quantitative estimate of drug-likeness (QED) is 0.939. The summed E-state index contributed by atoms with van der Waals surface area (Å²) in [7, 11) is 2.04. The highest BCUT2D eigenvalue weighted by atomic mass is 32.1. The van der Waals surface area contributed by atoms with E-state index in [0.29, 0.717) is 6.04 Å². The van der Waals surface area contributed by atoms with Gasteiger partial charge in [-0.2, -0.15) is 5.10 Å². The molecule has 0 aromatic carbocycles.